The van der Waals surface area contributed by atoms with Gasteiger partial charge in [-0.1, -0.05) is 131 Å². The summed E-state index contributed by atoms with van der Waals surface area (Å²) in [6, 6.07) is 63.0. The molecule has 4 N–H and O–H groups in total. The van der Waals surface area contributed by atoms with Crippen LogP contribution in [0.5, 0.6) is 0 Å². The number of aryl methyl sites for hydroxylation is 1. The van der Waals surface area contributed by atoms with E-state index in [9.17, 15) is 63.7 Å². The maximum Gasteiger partial charge on any atom is 0.263 e. The Balaban J connectivity index is 0.000000134. The summed E-state index contributed by atoms with van der Waals surface area (Å²) in [6.07, 6.45) is 15.7. The van der Waals surface area contributed by atoms with Gasteiger partial charge in [-0.05, 0) is 252 Å². The van der Waals surface area contributed by atoms with Gasteiger partial charge in [-0.25, -0.2) is 73.9 Å². The molecule has 10 aromatic carbocycles. The van der Waals surface area contributed by atoms with Gasteiger partial charge >= 0.3 is 0 Å². The summed E-state index contributed by atoms with van der Waals surface area (Å²) in [6.45, 7) is 3.37. The Bertz CT molecular complexity index is 8040. The van der Waals surface area contributed by atoms with Crippen LogP contribution < -0.4 is 36.7 Å². The number of carbonyl (C=O) groups excluding carboxylic acids is 1. The number of nitrogens with one attached hydrogen (secondary N) is 4. The number of halogens is 5. The van der Waals surface area contributed by atoms with E-state index < -0.39 is 70.2 Å². The molecule has 0 aliphatic carbocycles. The van der Waals surface area contributed by atoms with Crippen LogP contribution in [0, 0.1) is 6.92 Å². The molecule has 138 heavy (non-hydrogen) atoms. The zero-order chi connectivity index (χ0) is 97.5. The first-order chi connectivity index (χ1) is 66.0. The highest BCUT2D eigenvalue weighted by molar-refractivity contribution is 7.94. The summed E-state index contributed by atoms with van der Waals surface area (Å²) in [4.78, 5) is 34.3. The normalized spacial score (nSPS) is 16.1. The first-order valence-corrected chi connectivity index (χ1v) is 56.5. The predicted octanol–water partition coefficient (Wildman–Crippen LogP) is 20.8. The minimum atomic E-state index is -4.10. The van der Waals surface area contributed by atoms with Crippen molar-refractivity contribution in [3.8, 4) is 33.9 Å². The number of carbonyl (C=O) groups is 1. The Kier molecular flexibility index (Phi) is 30.2. The molecule has 4 aliphatic rings. The number of para-hydroxylation sites is 1. The van der Waals surface area contributed by atoms with E-state index in [2.05, 4.69) is 49.6 Å². The molecule has 15 aromatic rings. The maximum atomic E-state index is 13.3. The summed E-state index contributed by atoms with van der Waals surface area (Å²) < 4.78 is 198. The van der Waals surface area contributed by atoms with E-state index in [4.69, 9.17) is 62.5 Å². The zero-order valence-corrected chi connectivity index (χ0v) is 83.1. The minimum absolute atomic E-state index is 0.0110. The van der Waals surface area contributed by atoms with Gasteiger partial charge in [-0.3, -0.25) is 46.1 Å². The van der Waals surface area contributed by atoms with Gasteiger partial charge in [0, 0.05) is 118 Å². The van der Waals surface area contributed by atoms with Crippen LogP contribution in [0.4, 0.5) is 45.5 Å². The SMILES string of the molecule is Cc1noc2ccc(NC(=O)c3ccc(N4CCCCCS4(=O)=O)cc3)cc12.O=S(=O)(Nc1ccc(Cl)c(-c2ccc3cnccc3n2)c1)c1ccc(N2CCCCCS2(=O)=O)cc1Cl.O=S(=O)(Nc1ccc(Cl)c(-c2ncc3ccccc3n2)c1)c1ccc(N2CCCCCS2(=O)=O)cc1.O=S(=O)(Nc1ccc(Cl)c(-c2nccc3ccccc23)c1)c1ccc(N2CCCCCS2(=O)=O)cc1Cl. The first-order valence-electron chi connectivity index (χ1n) is 43.7. The predicted molar refractivity (Wildman–Crippen MR) is 547 cm³/mol. The standard InChI is InChI=1S/C26H23Cl2N3O4S2.C25H22Cl2N4O4S2.C25H23ClN4O4S2.C20H21N3O4S/c27-23-10-8-19(16-22(23)26-21-7-3-2-6-18(21)12-13-29-26)30-37(34,35)25-11-9-20(17-24(25)28)31-14-4-1-5-15-36(31,32)33;26-21-7-5-18(14-20(21)24-8-4-17-16-28-11-10-23(17)29-24)30-37(34,35)25-9-6-19(15-22(25)27)31-12-2-1-3-13-36(31,32)33;26-23-13-8-19(16-22(23)25-27-17-18-6-2-3-7-24(18)28-25)29-36(33,34)21-11-9-20(10-12-21)30-14-4-1-5-15-35(30,31)32;1-14-18-13-16(7-10-19(18)27-22-14)21-20(24)15-5-8-17(9-6-15)23-11-3-2-4-12-28(23,25)26/h2-3,6-13,16-17,30H,1,4-5,14-15H2;4-11,14-16,30H,1-3,12-13H2;2-3,6-13,16-17,29H,1,4-5,14-15H2;5-10,13H,2-4,11-12H2,1H3,(H,21,24). The number of amides is 1. The van der Waals surface area contributed by atoms with Crippen LogP contribution >= 0.6 is 58.0 Å². The van der Waals surface area contributed by atoms with Crippen molar-refractivity contribution in [2.75, 3.05) is 85.9 Å². The lowest BCUT2D eigenvalue weighted by atomic mass is 10.0. The highest BCUT2D eigenvalue weighted by Crippen LogP contribution is 2.41. The second kappa shape index (κ2) is 42.1. The van der Waals surface area contributed by atoms with Crippen LogP contribution in [0.3, 0.4) is 0 Å². The number of fused-ring (bicyclic) bond motifs is 4. The average molecular weight is 2100 g/mol. The lowest BCUT2D eigenvalue weighted by molar-refractivity contribution is 0.102. The van der Waals surface area contributed by atoms with E-state index in [0.717, 1.165) is 95.0 Å². The van der Waals surface area contributed by atoms with E-state index in [1.165, 1.54) is 77.9 Å². The van der Waals surface area contributed by atoms with Crippen LogP contribution in [-0.4, -0.2) is 144 Å². The second-order valence-electron chi connectivity index (χ2n) is 32.8. The van der Waals surface area contributed by atoms with Crippen molar-refractivity contribution in [3.05, 3.63) is 292 Å². The third-order valence-corrected chi connectivity index (χ3v) is 36.8. The molecule has 0 bridgehead atoms. The topological polar surface area (TPSA) is 408 Å². The van der Waals surface area contributed by atoms with E-state index in [1.54, 1.807) is 128 Å². The van der Waals surface area contributed by atoms with Crippen molar-refractivity contribution in [2.45, 2.75) is 98.7 Å². The average Bonchev–Trinajstić information content (AvgIpc) is 0.862. The van der Waals surface area contributed by atoms with Crippen molar-refractivity contribution >= 4 is 223 Å². The molecule has 42 heteroatoms. The van der Waals surface area contributed by atoms with E-state index in [0.29, 0.717) is 146 Å². The smallest absolute Gasteiger partial charge is 0.263 e. The molecule has 716 valence electrons. The van der Waals surface area contributed by atoms with E-state index in [1.807, 2.05) is 73.7 Å². The number of hydrogen-bond donors (Lipinski definition) is 4. The molecule has 1 amide bonds. The molecule has 0 unspecified atom stereocenters. The molecular formula is C96H89Cl5N14O16S7. The number of anilines is 8. The fourth-order valence-corrected chi connectivity index (χ4v) is 27.6. The third kappa shape index (κ3) is 23.2. The van der Waals surface area contributed by atoms with Gasteiger partial charge in [0.05, 0.1) is 104 Å². The lowest BCUT2D eigenvalue weighted by Gasteiger charge is -2.23. The van der Waals surface area contributed by atoms with Crippen LogP contribution in [0.2, 0.25) is 25.1 Å². The van der Waals surface area contributed by atoms with E-state index >= 15 is 0 Å². The molecule has 0 spiro atoms. The molecule has 19 rings (SSSR count). The lowest BCUT2D eigenvalue weighted by Crippen LogP contribution is -2.32. The van der Waals surface area contributed by atoms with Gasteiger partial charge < -0.3 is 9.84 Å². The molecule has 4 fully saturated rings. The highest BCUT2D eigenvalue weighted by Gasteiger charge is 2.33. The molecule has 0 atom stereocenters. The fourth-order valence-electron chi connectivity index (χ4n) is 16.2. The molecule has 9 heterocycles. The minimum Gasteiger partial charge on any atom is -0.356 e. The number of pyridine rings is 3. The molecule has 4 saturated heterocycles. The summed E-state index contributed by atoms with van der Waals surface area (Å²) >= 11 is 32.0. The van der Waals surface area contributed by atoms with E-state index in [-0.39, 0.29) is 65.0 Å². The van der Waals surface area contributed by atoms with Crippen molar-refractivity contribution < 1.29 is 68.2 Å². The number of benzene rings is 10. The quantitative estimate of drug-likeness (QED) is 0.0620. The molecular weight excluding hydrogens is 2010 g/mol. The van der Waals surface area contributed by atoms with Crippen molar-refractivity contribution in [1.82, 2.24) is 30.1 Å². The Labute approximate surface area is 824 Å². The zero-order valence-electron chi connectivity index (χ0n) is 73.6. The van der Waals surface area contributed by atoms with Crippen LogP contribution in [0.15, 0.2) is 275 Å². The Hall–Kier alpha value is -11.9. The van der Waals surface area contributed by atoms with Crippen molar-refractivity contribution in [2.24, 2.45) is 0 Å². The summed E-state index contributed by atoms with van der Waals surface area (Å²) in [5.74, 6) is 0.473. The number of sulfonamides is 7. The van der Waals surface area contributed by atoms with Crippen LogP contribution in [0.25, 0.3) is 77.5 Å². The van der Waals surface area contributed by atoms with Crippen molar-refractivity contribution in [1.29, 1.82) is 0 Å². The maximum absolute atomic E-state index is 13.3. The van der Waals surface area contributed by atoms with Crippen LogP contribution in [-0.2, 0) is 70.2 Å². The number of aromatic nitrogens is 6. The molecule has 30 nitrogen and oxygen atoms in total. The highest BCUT2D eigenvalue weighted by atomic mass is 35.5. The monoisotopic (exact) mass is 2090 g/mol. The number of rotatable bonds is 18. The molecule has 0 saturated carbocycles. The largest absolute Gasteiger partial charge is 0.356 e. The van der Waals surface area contributed by atoms with Gasteiger partial charge in [-0.2, -0.15) is 0 Å². The fraction of sp³-hybridized carbons (Fsp3) is 0.219. The number of hydrogen-bond acceptors (Lipinski definition) is 22. The Morgan fingerprint density at radius 3 is 1.38 bits per heavy atom. The Morgan fingerprint density at radius 1 is 0.377 bits per heavy atom. The molecule has 0 radical (unpaired) electrons. The third-order valence-electron chi connectivity index (χ3n) is 23.2. The van der Waals surface area contributed by atoms with Gasteiger partial charge in [-0.15, -0.1) is 0 Å². The summed E-state index contributed by atoms with van der Waals surface area (Å²) in [5, 5.41) is 12.3. The first kappa shape index (κ1) is 99.2. The summed E-state index contributed by atoms with van der Waals surface area (Å²) in [7, 11) is -25.8. The molecule has 5 aromatic heterocycles. The van der Waals surface area contributed by atoms with Gasteiger partial charge in [0.15, 0.2) is 11.4 Å². The summed E-state index contributed by atoms with van der Waals surface area (Å²) in [5.41, 5.74) is 9.41. The van der Waals surface area contributed by atoms with Gasteiger partial charge in [0.2, 0.25) is 40.1 Å². The number of nitrogens with zero attached hydrogens (tertiary/aromatic N) is 10. The Morgan fingerprint density at radius 2 is 0.833 bits per heavy atom. The van der Waals surface area contributed by atoms with Crippen molar-refractivity contribution in [3.63, 3.8) is 0 Å². The second-order valence-corrected chi connectivity index (χ2v) is 47.9. The van der Waals surface area contributed by atoms with Gasteiger partial charge in [0.1, 0.15) is 9.79 Å². The molecule has 4 aliphatic heterocycles. The van der Waals surface area contributed by atoms with Crippen LogP contribution in [0.1, 0.15) is 93.1 Å². The van der Waals surface area contributed by atoms with Gasteiger partial charge in [0.25, 0.3) is 36.0 Å².